The van der Waals surface area contributed by atoms with Crippen LogP contribution >= 0.6 is 11.8 Å². The second-order valence-electron chi connectivity index (χ2n) is 5.79. The zero-order valence-electron chi connectivity index (χ0n) is 13.7. The van der Waals surface area contributed by atoms with Crippen molar-refractivity contribution in [3.8, 4) is 0 Å². The van der Waals surface area contributed by atoms with E-state index in [0.717, 1.165) is 4.90 Å². The third-order valence-corrected chi connectivity index (χ3v) is 5.42. The molecular weight excluding hydrogens is 348 g/mol. The molecule has 8 nitrogen and oxygen atoms in total. The zero-order chi connectivity index (χ0) is 18.0. The molecule has 0 saturated carbocycles. The molecule has 0 radical (unpaired) electrons. The number of hydrogen-bond donors (Lipinski definition) is 0. The number of carbonyl (C=O) groups is 4. The summed E-state index contributed by atoms with van der Waals surface area (Å²) in [6, 6.07) is 2.66. The minimum atomic E-state index is -0.792. The van der Waals surface area contributed by atoms with E-state index in [1.165, 1.54) is 29.8 Å². The van der Waals surface area contributed by atoms with Crippen molar-refractivity contribution in [1.29, 1.82) is 0 Å². The first-order valence-corrected chi connectivity index (χ1v) is 8.97. The second-order valence-corrected chi connectivity index (χ2v) is 6.91. The molecule has 0 spiro atoms. The number of nitrogens with zero attached hydrogens (tertiary/aromatic N) is 2. The van der Waals surface area contributed by atoms with E-state index in [0.29, 0.717) is 30.9 Å². The van der Waals surface area contributed by atoms with Gasteiger partial charge in [0.05, 0.1) is 6.26 Å². The van der Waals surface area contributed by atoms with Crippen molar-refractivity contribution in [3.63, 3.8) is 0 Å². The topological polar surface area (TPSA) is 97.1 Å². The quantitative estimate of drug-likeness (QED) is 0.731. The van der Waals surface area contributed by atoms with Crippen molar-refractivity contribution in [2.45, 2.75) is 31.2 Å². The van der Waals surface area contributed by atoms with Gasteiger partial charge in [-0.1, -0.05) is 0 Å². The summed E-state index contributed by atoms with van der Waals surface area (Å²) in [6.07, 6.45) is 2.47. The van der Waals surface area contributed by atoms with Crippen molar-refractivity contribution in [3.05, 3.63) is 24.2 Å². The van der Waals surface area contributed by atoms with Gasteiger partial charge >= 0.3 is 5.97 Å². The van der Waals surface area contributed by atoms with Crippen molar-refractivity contribution >= 4 is 35.5 Å². The maximum absolute atomic E-state index is 12.4. The molecule has 9 heteroatoms. The van der Waals surface area contributed by atoms with E-state index in [9.17, 15) is 19.2 Å². The van der Waals surface area contributed by atoms with Gasteiger partial charge in [0.2, 0.25) is 11.8 Å². The van der Waals surface area contributed by atoms with Gasteiger partial charge in [-0.2, -0.15) is 0 Å². The van der Waals surface area contributed by atoms with Gasteiger partial charge in [0.25, 0.3) is 5.91 Å². The van der Waals surface area contributed by atoms with E-state index in [2.05, 4.69) is 0 Å². The monoisotopic (exact) mass is 366 g/mol. The SMILES string of the molecule is CC(=O)N1[C@@H](C(=O)OCC(=O)N2CCCC2=O)CS[C@@H]1c1ccco1. The fourth-order valence-electron chi connectivity index (χ4n) is 2.94. The van der Waals surface area contributed by atoms with Crippen LogP contribution in [0.2, 0.25) is 0 Å². The Balaban J connectivity index is 1.62. The Morgan fingerprint density at radius 3 is 2.80 bits per heavy atom. The summed E-state index contributed by atoms with van der Waals surface area (Å²) in [5.74, 6) is -0.791. The fourth-order valence-corrected chi connectivity index (χ4v) is 4.36. The van der Waals surface area contributed by atoms with Crippen LogP contribution < -0.4 is 0 Å². The lowest BCUT2D eigenvalue weighted by atomic mass is 10.2. The molecule has 134 valence electrons. The average molecular weight is 366 g/mol. The van der Waals surface area contributed by atoms with E-state index in [-0.39, 0.29) is 11.8 Å². The van der Waals surface area contributed by atoms with Gasteiger partial charge in [-0.3, -0.25) is 19.3 Å². The molecule has 1 aromatic heterocycles. The van der Waals surface area contributed by atoms with Crippen LogP contribution in [0.1, 0.15) is 30.9 Å². The minimum Gasteiger partial charge on any atom is -0.466 e. The highest BCUT2D eigenvalue weighted by Gasteiger charge is 2.43. The highest BCUT2D eigenvalue weighted by Crippen LogP contribution is 2.41. The Morgan fingerprint density at radius 2 is 2.20 bits per heavy atom. The molecule has 1 aromatic rings. The number of furan rings is 1. The molecule has 0 bridgehead atoms. The fraction of sp³-hybridized carbons (Fsp3) is 0.500. The average Bonchev–Trinajstić information content (AvgIpc) is 3.30. The van der Waals surface area contributed by atoms with Gasteiger partial charge in [-0.05, 0) is 18.6 Å². The Hall–Kier alpha value is -2.29. The van der Waals surface area contributed by atoms with E-state index in [1.807, 2.05) is 0 Å². The first kappa shape index (κ1) is 17.5. The summed E-state index contributed by atoms with van der Waals surface area (Å²) in [5, 5.41) is -0.402. The minimum absolute atomic E-state index is 0.249. The van der Waals surface area contributed by atoms with Gasteiger partial charge in [0, 0.05) is 25.6 Å². The summed E-state index contributed by atoms with van der Waals surface area (Å²) in [6.45, 7) is 1.23. The third kappa shape index (κ3) is 3.55. The number of hydrogen-bond acceptors (Lipinski definition) is 7. The number of thioether (sulfide) groups is 1. The number of esters is 1. The summed E-state index contributed by atoms with van der Waals surface area (Å²) in [4.78, 5) is 50.4. The maximum Gasteiger partial charge on any atom is 0.330 e. The lowest BCUT2D eigenvalue weighted by Crippen LogP contribution is -2.44. The van der Waals surface area contributed by atoms with Crippen molar-refractivity contribution in [1.82, 2.24) is 9.80 Å². The van der Waals surface area contributed by atoms with E-state index < -0.39 is 29.9 Å². The number of imide groups is 1. The van der Waals surface area contributed by atoms with Crippen LogP contribution in [0.25, 0.3) is 0 Å². The van der Waals surface area contributed by atoms with Gasteiger partial charge < -0.3 is 14.1 Å². The van der Waals surface area contributed by atoms with E-state index >= 15 is 0 Å². The second kappa shape index (κ2) is 7.30. The molecule has 2 aliphatic rings. The first-order valence-electron chi connectivity index (χ1n) is 7.92. The van der Waals surface area contributed by atoms with Crippen LogP contribution in [0.15, 0.2) is 22.8 Å². The standard InChI is InChI=1S/C16H18N2O6S/c1-10(19)18-11(9-25-15(18)12-4-3-7-23-12)16(22)24-8-14(21)17-6-2-5-13(17)20/h3-4,7,11,15H,2,5-6,8-9H2,1H3/t11-,15-/m1/s1. The van der Waals surface area contributed by atoms with Crippen molar-refractivity contribution < 1.29 is 28.3 Å². The molecule has 0 N–H and O–H groups in total. The molecule has 0 aromatic carbocycles. The molecule has 2 saturated heterocycles. The number of ether oxygens (including phenoxy) is 1. The molecular formula is C16H18N2O6S. The van der Waals surface area contributed by atoms with E-state index in [4.69, 9.17) is 9.15 Å². The summed E-state index contributed by atoms with van der Waals surface area (Å²) in [7, 11) is 0. The predicted molar refractivity (Wildman–Crippen MR) is 87.1 cm³/mol. The Labute approximate surface area is 148 Å². The van der Waals surface area contributed by atoms with Gasteiger partial charge in [0.1, 0.15) is 17.2 Å². The van der Waals surface area contributed by atoms with Gasteiger partial charge in [0.15, 0.2) is 6.61 Å². The Kier molecular flexibility index (Phi) is 5.12. The van der Waals surface area contributed by atoms with Gasteiger partial charge in [-0.25, -0.2) is 4.79 Å². The summed E-state index contributed by atoms with van der Waals surface area (Å²) >= 11 is 1.39. The maximum atomic E-state index is 12.4. The highest BCUT2D eigenvalue weighted by atomic mass is 32.2. The molecule has 3 heterocycles. The molecule has 2 atom stereocenters. The largest absolute Gasteiger partial charge is 0.466 e. The smallest absolute Gasteiger partial charge is 0.330 e. The van der Waals surface area contributed by atoms with Crippen LogP contribution in [0, 0.1) is 0 Å². The molecule has 3 rings (SSSR count). The van der Waals surface area contributed by atoms with Gasteiger partial charge in [-0.15, -0.1) is 11.8 Å². The molecule has 0 aliphatic carbocycles. The predicted octanol–water partition coefficient (Wildman–Crippen LogP) is 0.934. The van der Waals surface area contributed by atoms with Crippen LogP contribution in [0.3, 0.4) is 0 Å². The van der Waals surface area contributed by atoms with Crippen LogP contribution in [0.4, 0.5) is 0 Å². The first-order chi connectivity index (χ1) is 12.0. The van der Waals surface area contributed by atoms with Crippen molar-refractivity contribution in [2.24, 2.45) is 0 Å². The highest BCUT2D eigenvalue weighted by molar-refractivity contribution is 7.99. The summed E-state index contributed by atoms with van der Waals surface area (Å²) < 4.78 is 10.4. The molecule has 3 amide bonds. The third-order valence-electron chi connectivity index (χ3n) is 4.14. The molecule has 25 heavy (non-hydrogen) atoms. The normalized spacial score (nSPS) is 23.2. The number of likely N-dealkylation sites (tertiary alicyclic amines) is 1. The number of amides is 3. The summed E-state index contributed by atoms with van der Waals surface area (Å²) in [5.41, 5.74) is 0. The Bertz CT molecular complexity index is 689. The van der Waals surface area contributed by atoms with Crippen LogP contribution in [-0.2, 0) is 23.9 Å². The number of rotatable bonds is 4. The molecule has 2 fully saturated rings. The van der Waals surface area contributed by atoms with Crippen molar-refractivity contribution in [2.75, 3.05) is 18.9 Å². The molecule has 0 unspecified atom stereocenters. The number of carbonyl (C=O) groups excluding carboxylic acids is 4. The van der Waals surface area contributed by atoms with Crippen LogP contribution in [-0.4, -0.2) is 58.4 Å². The molecule has 2 aliphatic heterocycles. The van der Waals surface area contributed by atoms with Crippen LogP contribution in [0.5, 0.6) is 0 Å². The Morgan fingerprint density at radius 1 is 1.40 bits per heavy atom. The lowest BCUT2D eigenvalue weighted by molar-refractivity contribution is -0.159. The lowest BCUT2D eigenvalue weighted by Gasteiger charge is -2.26. The zero-order valence-corrected chi connectivity index (χ0v) is 14.5. The van der Waals surface area contributed by atoms with E-state index in [1.54, 1.807) is 12.1 Å².